The summed E-state index contributed by atoms with van der Waals surface area (Å²) < 4.78 is 4.69. The van der Waals surface area contributed by atoms with Crippen molar-refractivity contribution < 1.29 is 14.6 Å². The van der Waals surface area contributed by atoms with Crippen LogP contribution in [-0.4, -0.2) is 39.6 Å². The molecule has 0 bridgehead atoms. The third-order valence-electron chi connectivity index (χ3n) is 4.23. The van der Waals surface area contributed by atoms with Crippen LogP contribution in [0.2, 0.25) is 0 Å². The fourth-order valence-electron chi connectivity index (χ4n) is 2.84. The first kappa shape index (κ1) is 16.6. The Balaban J connectivity index is 1.58. The van der Waals surface area contributed by atoms with E-state index in [1.54, 1.807) is 36.5 Å². The first-order valence-corrected chi connectivity index (χ1v) is 8.23. The van der Waals surface area contributed by atoms with Gasteiger partial charge in [-0.15, -0.1) is 0 Å². The molecule has 0 amide bonds. The van der Waals surface area contributed by atoms with Crippen LogP contribution in [0.1, 0.15) is 15.9 Å². The molecular weight excluding hydrogens is 344 g/mol. The van der Waals surface area contributed by atoms with Crippen molar-refractivity contribution in [1.29, 1.82) is 0 Å². The molecule has 27 heavy (non-hydrogen) atoms. The highest BCUT2D eigenvalue weighted by Gasteiger charge is 2.09. The molecule has 0 spiro atoms. The van der Waals surface area contributed by atoms with Crippen LogP contribution < -0.4 is 0 Å². The Labute approximate surface area is 154 Å². The largest absolute Gasteiger partial charge is 0.494 e. The fraction of sp³-hybridized carbons (Fsp3) is 0.0500. The van der Waals surface area contributed by atoms with Gasteiger partial charge in [0.25, 0.3) is 0 Å². The van der Waals surface area contributed by atoms with Gasteiger partial charge in [0.15, 0.2) is 11.7 Å². The highest BCUT2D eigenvalue weighted by Crippen LogP contribution is 2.26. The van der Waals surface area contributed by atoms with Gasteiger partial charge in [-0.2, -0.15) is 5.10 Å². The number of hydrogen-bond acceptors (Lipinski definition) is 5. The van der Waals surface area contributed by atoms with Crippen molar-refractivity contribution in [2.75, 3.05) is 7.11 Å². The van der Waals surface area contributed by atoms with E-state index in [-0.39, 0.29) is 11.8 Å². The lowest BCUT2D eigenvalue weighted by atomic mass is 10.1. The highest BCUT2D eigenvalue weighted by molar-refractivity contribution is 6.02. The summed E-state index contributed by atoms with van der Waals surface area (Å²) >= 11 is 0. The summed E-state index contributed by atoms with van der Waals surface area (Å²) in [6.45, 7) is 0. The molecule has 7 heteroatoms. The number of ether oxygens (including phenoxy) is 1. The molecule has 2 heterocycles. The van der Waals surface area contributed by atoms with Gasteiger partial charge >= 0.3 is 5.97 Å². The van der Waals surface area contributed by atoms with Crippen molar-refractivity contribution in [3.63, 3.8) is 0 Å². The second-order valence-electron chi connectivity index (χ2n) is 5.90. The summed E-state index contributed by atoms with van der Waals surface area (Å²) in [5.74, 6) is 0.163. The van der Waals surface area contributed by atoms with E-state index in [1.807, 2.05) is 24.3 Å². The molecule has 2 aromatic carbocycles. The Hall–Kier alpha value is -3.87. The Morgan fingerprint density at radius 2 is 1.96 bits per heavy atom. The molecule has 4 rings (SSSR count). The maximum absolute atomic E-state index is 11.5. The average molecular weight is 360 g/mol. The summed E-state index contributed by atoms with van der Waals surface area (Å²) in [4.78, 5) is 18.8. The highest BCUT2D eigenvalue weighted by atomic mass is 16.5. The lowest BCUT2D eigenvalue weighted by Gasteiger charge is -2.00. The van der Waals surface area contributed by atoms with Crippen LogP contribution >= 0.6 is 0 Å². The Morgan fingerprint density at radius 1 is 1.19 bits per heavy atom. The van der Waals surface area contributed by atoms with E-state index in [0.29, 0.717) is 16.9 Å². The maximum atomic E-state index is 11.5. The molecule has 4 aromatic rings. The summed E-state index contributed by atoms with van der Waals surface area (Å²) in [6.07, 6.45) is 1.58. The minimum atomic E-state index is -0.380. The first-order chi connectivity index (χ1) is 13.2. The molecule has 134 valence electrons. The minimum Gasteiger partial charge on any atom is -0.494 e. The Bertz CT molecular complexity index is 1140. The number of carbonyl (C=O) groups excluding carboxylic acids is 1. The van der Waals surface area contributed by atoms with Crippen LogP contribution in [0.25, 0.3) is 22.2 Å². The molecular formula is C20H16N4O3. The molecule has 0 radical (unpaired) electrons. The van der Waals surface area contributed by atoms with Gasteiger partial charge in [0, 0.05) is 23.2 Å². The van der Waals surface area contributed by atoms with Gasteiger partial charge in [0.1, 0.15) is 0 Å². The van der Waals surface area contributed by atoms with Crippen molar-refractivity contribution in [1.82, 2.24) is 15.2 Å². The second kappa shape index (κ2) is 6.80. The van der Waals surface area contributed by atoms with Gasteiger partial charge in [-0.3, -0.25) is 5.10 Å². The van der Waals surface area contributed by atoms with Crippen LogP contribution in [0.15, 0.2) is 59.6 Å². The number of aliphatic imine (C=N–C) groups is 1. The number of para-hydroxylation sites is 1. The summed E-state index contributed by atoms with van der Waals surface area (Å²) in [6, 6.07) is 16.4. The lowest BCUT2D eigenvalue weighted by Crippen LogP contribution is -2.00. The van der Waals surface area contributed by atoms with Crippen LogP contribution in [0.3, 0.4) is 0 Å². The van der Waals surface area contributed by atoms with E-state index in [0.717, 1.165) is 22.2 Å². The van der Waals surface area contributed by atoms with Crippen LogP contribution in [-0.2, 0) is 4.74 Å². The number of rotatable bonds is 4. The van der Waals surface area contributed by atoms with Crippen molar-refractivity contribution in [3.05, 3.63) is 65.7 Å². The number of carbonyl (C=O) groups is 1. The quantitative estimate of drug-likeness (QED) is 0.380. The number of nitrogens with zero attached hydrogens (tertiary/aromatic N) is 2. The zero-order valence-corrected chi connectivity index (χ0v) is 14.4. The number of aromatic hydroxyl groups is 1. The molecule has 0 saturated carbocycles. The van der Waals surface area contributed by atoms with E-state index in [4.69, 9.17) is 4.74 Å². The summed E-state index contributed by atoms with van der Waals surface area (Å²) in [7, 11) is 1.35. The van der Waals surface area contributed by atoms with Gasteiger partial charge in [0.2, 0.25) is 0 Å². The fourth-order valence-corrected chi connectivity index (χ4v) is 2.84. The van der Waals surface area contributed by atoms with Gasteiger partial charge in [-0.25, -0.2) is 9.79 Å². The standard InChI is InChI=1S/C20H16N4O3/c1-27-20(26)13-8-6-12(7-9-13)17-10-18(24-23-17)21-11-15-14-4-2-3-5-16(14)22-19(15)25/h2-11,22,25H,1H3,(H,23,24). The third kappa shape index (κ3) is 3.18. The Morgan fingerprint density at radius 3 is 2.74 bits per heavy atom. The number of nitrogens with one attached hydrogen (secondary N) is 2. The molecule has 0 unspecified atom stereocenters. The van der Waals surface area contributed by atoms with E-state index in [1.165, 1.54) is 7.11 Å². The second-order valence-corrected chi connectivity index (χ2v) is 5.90. The maximum Gasteiger partial charge on any atom is 0.337 e. The molecule has 0 saturated heterocycles. The smallest absolute Gasteiger partial charge is 0.337 e. The topological polar surface area (TPSA) is 103 Å². The third-order valence-corrected chi connectivity index (χ3v) is 4.23. The number of aromatic amines is 2. The van der Waals surface area contributed by atoms with Crippen molar-refractivity contribution in [2.24, 2.45) is 4.99 Å². The molecule has 3 N–H and O–H groups in total. The van der Waals surface area contributed by atoms with Gasteiger partial charge in [-0.05, 0) is 23.8 Å². The molecule has 0 fully saturated rings. The predicted octanol–water partition coefficient (Wildman–Crippen LogP) is 3.80. The van der Waals surface area contributed by atoms with E-state index >= 15 is 0 Å². The number of hydrogen-bond donors (Lipinski definition) is 3. The first-order valence-electron chi connectivity index (χ1n) is 8.23. The van der Waals surface area contributed by atoms with Gasteiger partial charge < -0.3 is 14.8 Å². The zero-order chi connectivity index (χ0) is 18.8. The molecule has 0 aliphatic rings. The number of H-pyrrole nitrogens is 2. The van der Waals surface area contributed by atoms with Crippen molar-refractivity contribution >= 4 is 28.9 Å². The zero-order valence-electron chi connectivity index (χ0n) is 14.4. The molecule has 7 nitrogen and oxygen atoms in total. The molecule has 0 aliphatic carbocycles. The monoisotopic (exact) mass is 360 g/mol. The Kier molecular flexibility index (Phi) is 4.18. The van der Waals surface area contributed by atoms with Crippen LogP contribution in [0, 0.1) is 0 Å². The molecule has 0 atom stereocenters. The molecule has 0 aliphatic heterocycles. The van der Waals surface area contributed by atoms with Crippen molar-refractivity contribution in [3.8, 4) is 17.1 Å². The van der Waals surface area contributed by atoms with Crippen LogP contribution in [0.4, 0.5) is 5.82 Å². The average Bonchev–Trinajstić information content (AvgIpc) is 3.29. The van der Waals surface area contributed by atoms with E-state index in [9.17, 15) is 9.90 Å². The number of methoxy groups -OCH3 is 1. The number of fused-ring (bicyclic) bond motifs is 1. The van der Waals surface area contributed by atoms with Gasteiger partial charge in [0.05, 0.1) is 23.9 Å². The predicted molar refractivity (Wildman–Crippen MR) is 103 cm³/mol. The number of aromatic nitrogens is 3. The van der Waals surface area contributed by atoms with Crippen molar-refractivity contribution in [2.45, 2.75) is 0 Å². The van der Waals surface area contributed by atoms with E-state index in [2.05, 4.69) is 20.2 Å². The summed E-state index contributed by atoms with van der Waals surface area (Å²) in [5.41, 5.74) is 3.56. The normalized spacial score (nSPS) is 11.3. The number of esters is 1. The van der Waals surface area contributed by atoms with E-state index < -0.39 is 0 Å². The van der Waals surface area contributed by atoms with Crippen LogP contribution in [0.5, 0.6) is 5.88 Å². The summed E-state index contributed by atoms with van der Waals surface area (Å²) in [5, 5.41) is 18.0. The SMILES string of the molecule is COC(=O)c1ccc(-c2cc(N=Cc3c(O)[nH]c4ccccc34)n[nH]2)cc1. The molecule has 2 aromatic heterocycles. The lowest BCUT2D eigenvalue weighted by molar-refractivity contribution is 0.0600. The number of benzene rings is 2. The van der Waals surface area contributed by atoms with Gasteiger partial charge in [-0.1, -0.05) is 30.3 Å². The minimum absolute atomic E-state index is 0.0640.